The molecule has 5 nitrogen and oxygen atoms in total. The number of nitrogens with one attached hydrogen (secondary N) is 1. The van der Waals surface area contributed by atoms with Crippen molar-refractivity contribution in [3.63, 3.8) is 0 Å². The minimum absolute atomic E-state index is 0.0193. The fraction of sp³-hybridized carbons (Fsp3) is 0.0667. The zero-order valence-electron chi connectivity index (χ0n) is 11.3. The number of benzene rings is 2. The molecule has 0 spiro atoms. The summed E-state index contributed by atoms with van der Waals surface area (Å²) in [5.74, 6) is 0.762. The minimum atomic E-state index is -0.0193. The van der Waals surface area contributed by atoms with Crippen LogP contribution in [0.15, 0.2) is 53.6 Å². The first kappa shape index (κ1) is 14.9. The van der Waals surface area contributed by atoms with Gasteiger partial charge in [-0.25, -0.2) is 0 Å². The number of ether oxygens (including phenoxy) is 1. The van der Waals surface area contributed by atoms with Crippen LogP contribution in [0.25, 0.3) is 0 Å². The van der Waals surface area contributed by atoms with Gasteiger partial charge < -0.3 is 16.2 Å². The van der Waals surface area contributed by atoms with E-state index in [-0.39, 0.29) is 5.96 Å². The van der Waals surface area contributed by atoms with Crippen molar-refractivity contribution in [1.82, 2.24) is 0 Å². The summed E-state index contributed by atoms with van der Waals surface area (Å²) in [6, 6.07) is 15.1. The smallest absolute Gasteiger partial charge is 0.256 e. The first-order chi connectivity index (χ1) is 10.1. The van der Waals surface area contributed by atoms with Gasteiger partial charge in [-0.05, 0) is 42.0 Å². The van der Waals surface area contributed by atoms with Crippen molar-refractivity contribution in [3.8, 4) is 5.75 Å². The van der Waals surface area contributed by atoms with E-state index >= 15 is 0 Å². The van der Waals surface area contributed by atoms with Crippen LogP contribution in [-0.4, -0.2) is 12.2 Å². The van der Waals surface area contributed by atoms with Crippen LogP contribution in [0.5, 0.6) is 5.75 Å². The molecule has 0 heterocycles. The van der Waals surface area contributed by atoms with Gasteiger partial charge in [0.2, 0.25) is 6.21 Å². The monoisotopic (exact) mass is 303 g/mol. The van der Waals surface area contributed by atoms with Crippen LogP contribution in [0, 0.1) is 0 Å². The molecule has 2 aromatic rings. The number of hydrogen-bond donors (Lipinski definition) is 3. The highest BCUT2D eigenvalue weighted by Gasteiger charge is 1.98. The summed E-state index contributed by atoms with van der Waals surface area (Å²) < 4.78 is 5.68. The number of halogens is 1. The molecule has 2 aromatic carbocycles. The molecule has 0 fully saturated rings. The molecular formula is C15H16ClN4O+. The Morgan fingerprint density at radius 1 is 1.10 bits per heavy atom. The Labute approximate surface area is 127 Å². The molecular weight excluding hydrogens is 288 g/mol. The number of guanidine groups is 1. The van der Waals surface area contributed by atoms with Crippen LogP contribution in [0.3, 0.4) is 0 Å². The molecule has 0 radical (unpaired) electrons. The SMILES string of the molecule is NC(N)=N/[NH+]=C/c1ccc(OCc2ccc(Cl)cc2)cc1. The minimum Gasteiger partial charge on any atom is -0.489 e. The second kappa shape index (κ2) is 7.31. The standard InChI is InChI=1S/C15H15ClN4O/c16-13-5-1-12(2-6-13)10-21-14-7-3-11(4-8-14)9-19-20-15(17)18/h1-9H,10H2,(H4,17,18,20)/p+1/b19-9+. The molecule has 0 atom stereocenters. The third-order valence-electron chi connectivity index (χ3n) is 2.62. The van der Waals surface area contributed by atoms with Crippen LogP contribution in [0.4, 0.5) is 0 Å². The van der Waals surface area contributed by atoms with Gasteiger partial charge in [0.15, 0.2) is 0 Å². The molecule has 108 valence electrons. The average Bonchev–Trinajstić information content (AvgIpc) is 2.48. The molecule has 0 aliphatic rings. The Hall–Kier alpha value is -2.53. The molecule has 21 heavy (non-hydrogen) atoms. The molecule has 0 unspecified atom stereocenters. The molecule has 6 heteroatoms. The van der Waals surface area contributed by atoms with E-state index in [9.17, 15) is 0 Å². The summed E-state index contributed by atoms with van der Waals surface area (Å²) in [6.45, 7) is 0.493. The number of hydrogen-bond acceptors (Lipinski definition) is 2. The fourth-order valence-electron chi connectivity index (χ4n) is 1.59. The Kier molecular flexibility index (Phi) is 5.17. The Morgan fingerprint density at radius 2 is 1.76 bits per heavy atom. The van der Waals surface area contributed by atoms with Crippen molar-refractivity contribution in [1.29, 1.82) is 0 Å². The summed E-state index contributed by atoms with van der Waals surface area (Å²) in [7, 11) is 0. The maximum atomic E-state index is 5.83. The highest BCUT2D eigenvalue weighted by atomic mass is 35.5. The van der Waals surface area contributed by atoms with E-state index in [0.717, 1.165) is 16.9 Å². The van der Waals surface area contributed by atoms with Crippen molar-refractivity contribution in [2.24, 2.45) is 16.6 Å². The summed E-state index contributed by atoms with van der Waals surface area (Å²) in [4.78, 5) is 0. The van der Waals surface area contributed by atoms with Gasteiger partial charge in [0.25, 0.3) is 5.96 Å². The van der Waals surface area contributed by atoms with Gasteiger partial charge in [-0.1, -0.05) is 23.7 Å². The molecule has 0 aromatic heterocycles. The fourth-order valence-corrected chi connectivity index (χ4v) is 1.71. The molecule has 2 rings (SSSR count). The Balaban J connectivity index is 1.91. The van der Waals surface area contributed by atoms with E-state index < -0.39 is 0 Å². The summed E-state index contributed by atoms with van der Waals surface area (Å²) in [5, 5.41) is 7.01. The number of rotatable bonds is 5. The molecule has 0 aliphatic carbocycles. The first-order valence-corrected chi connectivity index (χ1v) is 6.66. The van der Waals surface area contributed by atoms with E-state index in [1.54, 1.807) is 6.21 Å². The zero-order chi connectivity index (χ0) is 15.1. The molecule has 0 bridgehead atoms. The molecule has 0 saturated heterocycles. The van der Waals surface area contributed by atoms with Crippen molar-refractivity contribution in [2.75, 3.05) is 0 Å². The topological polar surface area (TPSA) is 87.6 Å². The Bertz CT molecular complexity index is 632. The molecule has 0 saturated carbocycles. The lowest BCUT2D eigenvalue weighted by atomic mass is 10.2. The predicted octanol–water partition coefficient (Wildman–Crippen LogP) is 0.607. The number of nitrogens with zero attached hydrogens (tertiary/aromatic N) is 1. The second-order valence-electron chi connectivity index (χ2n) is 4.29. The maximum Gasteiger partial charge on any atom is 0.256 e. The van der Waals surface area contributed by atoms with Crippen LogP contribution in [0.1, 0.15) is 11.1 Å². The molecule has 5 N–H and O–H groups in total. The van der Waals surface area contributed by atoms with E-state index in [4.69, 9.17) is 27.8 Å². The van der Waals surface area contributed by atoms with E-state index in [0.29, 0.717) is 11.6 Å². The normalized spacial score (nSPS) is 10.5. The quantitative estimate of drug-likeness (QED) is 0.429. The average molecular weight is 304 g/mol. The first-order valence-electron chi connectivity index (χ1n) is 6.28. The van der Waals surface area contributed by atoms with Crippen molar-refractivity contribution >= 4 is 23.8 Å². The van der Waals surface area contributed by atoms with E-state index in [1.807, 2.05) is 48.5 Å². The lowest BCUT2D eigenvalue weighted by Gasteiger charge is -2.06. The van der Waals surface area contributed by atoms with Crippen molar-refractivity contribution < 1.29 is 9.84 Å². The predicted molar refractivity (Wildman–Crippen MR) is 84.2 cm³/mol. The van der Waals surface area contributed by atoms with Crippen LogP contribution < -0.4 is 21.3 Å². The van der Waals surface area contributed by atoms with Crippen LogP contribution in [-0.2, 0) is 6.61 Å². The summed E-state index contributed by atoms with van der Waals surface area (Å²) >= 11 is 5.83. The lowest BCUT2D eigenvalue weighted by molar-refractivity contribution is -0.456. The third-order valence-corrected chi connectivity index (χ3v) is 2.88. The van der Waals surface area contributed by atoms with Crippen LogP contribution in [0.2, 0.25) is 5.02 Å². The van der Waals surface area contributed by atoms with Gasteiger partial charge in [-0.15, -0.1) is 5.10 Å². The molecule has 0 amide bonds. The van der Waals surface area contributed by atoms with Crippen molar-refractivity contribution in [2.45, 2.75) is 6.61 Å². The van der Waals surface area contributed by atoms with Gasteiger partial charge in [-0.3, -0.25) is 0 Å². The number of nitrogens with two attached hydrogens (primary N) is 2. The maximum absolute atomic E-state index is 5.83. The Morgan fingerprint density at radius 3 is 2.38 bits per heavy atom. The summed E-state index contributed by atoms with van der Waals surface area (Å²) in [6.07, 6.45) is 1.68. The van der Waals surface area contributed by atoms with Gasteiger partial charge >= 0.3 is 0 Å². The van der Waals surface area contributed by atoms with Gasteiger partial charge in [0.05, 0.1) is 0 Å². The lowest BCUT2D eigenvalue weighted by Crippen LogP contribution is -2.63. The number of hydrazone groups is 1. The molecule has 0 aliphatic heterocycles. The van der Waals surface area contributed by atoms with Crippen molar-refractivity contribution in [3.05, 3.63) is 64.7 Å². The van der Waals surface area contributed by atoms with E-state index in [1.165, 1.54) is 0 Å². The summed E-state index contributed by atoms with van der Waals surface area (Å²) in [5.41, 5.74) is 12.4. The highest BCUT2D eigenvalue weighted by molar-refractivity contribution is 6.30. The van der Waals surface area contributed by atoms with Gasteiger partial charge in [0, 0.05) is 15.7 Å². The second-order valence-corrected chi connectivity index (χ2v) is 4.73. The van der Waals surface area contributed by atoms with Gasteiger partial charge in [0.1, 0.15) is 12.4 Å². The third kappa shape index (κ3) is 5.16. The highest BCUT2D eigenvalue weighted by Crippen LogP contribution is 2.14. The largest absolute Gasteiger partial charge is 0.489 e. The zero-order valence-corrected chi connectivity index (χ0v) is 12.0. The van der Waals surface area contributed by atoms with Gasteiger partial charge in [-0.2, -0.15) is 0 Å². The van der Waals surface area contributed by atoms with E-state index in [2.05, 4.69) is 10.2 Å². The van der Waals surface area contributed by atoms with Crippen LogP contribution >= 0.6 is 11.6 Å².